The normalized spacial score (nSPS) is 14.8. The van der Waals surface area contributed by atoms with E-state index in [0.29, 0.717) is 11.5 Å². The van der Waals surface area contributed by atoms with E-state index in [0.717, 1.165) is 6.42 Å². The van der Waals surface area contributed by atoms with Crippen molar-refractivity contribution in [2.45, 2.75) is 39.0 Å². The Labute approximate surface area is 104 Å². The van der Waals surface area contributed by atoms with Gasteiger partial charge >= 0.3 is 5.97 Å². The van der Waals surface area contributed by atoms with Gasteiger partial charge in [0, 0.05) is 25.8 Å². The third-order valence-electron chi connectivity index (χ3n) is 2.33. The zero-order chi connectivity index (χ0) is 13.5. The Morgan fingerprint density at radius 2 is 1.83 bits per heavy atom. The molecule has 1 rings (SSSR count). The molecule has 1 fully saturated rings. The maximum absolute atomic E-state index is 11.3. The number of rotatable bonds is 6. The number of hydrogen-bond donors (Lipinski definition) is 1. The van der Waals surface area contributed by atoms with Gasteiger partial charge in [-0.3, -0.25) is 14.4 Å². The lowest BCUT2D eigenvalue weighted by Crippen LogP contribution is -2.33. The van der Waals surface area contributed by atoms with Crippen LogP contribution in [0.5, 0.6) is 0 Å². The first kappa shape index (κ1) is 14.1. The Bertz CT molecular complexity index is 350. The van der Waals surface area contributed by atoms with Crippen LogP contribution in [0.2, 0.25) is 0 Å². The summed E-state index contributed by atoms with van der Waals surface area (Å²) in [5, 5.41) is 3.03. The molecule has 0 atom stereocenters. The molecule has 18 heavy (non-hydrogen) atoms. The van der Waals surface area contributed by atoms with Gasteiger partial charge in [-0.05, 0) is 6.42 Å². The van der Waals surface area contributed by atoms with Gasteiger partial charge in [-0.15, -0.1) is 5.06 Å². The molecule has 1 N–H and O–H groups in total. The van der Waals surface area contributed by atoms with Crippen molar-refractivity contribution in [3.8, 4) is 0 Å². The molecule has 1 aliphatic rings. The molecule has 0 aromatic carbocycles. The first-order chi connectivity index (χ1) is 8.54. The molecule has 0 bridgehead atoms. The smallest absolute Gasteiger partial charge is 0.334 e. The summed E-state index contributed by atoms with van der Waals surface area (Å²) in [4.78, 5) is 49.3. The van der Waals surface area contributed by atoms with E-state index < -0.39 is 17.8 Å². The SMILES string of the molecule is CCCC(=O)NCCC(=O)ON1C(=O)CCC1=O. The molecule has 7 nitrogen and oxygen atoms in total. The number of hydrogen-bond acceptors (Lipinski definition) is 5. The summed E-state index contributed by atoms with van der Waals surface area (Å²) in [5.74, 6) is -1.87. The van der Waals surface area contributed by atoms with Crippen LogP contribution in [0.15, 0.2) is 0 Å². The monoisotopic (exact) mass is 256 g/mol. The molecule has 1 heterocycles. The number of nitrogens with one attached hydrogen (secondary N) is 1. The molecule has 0 aromatic rings. The summed E-state index contributed by atoms with van der Waals surface area (Å²) in [6.07, 6.45) is 1.19. The predicted octanol–water partition coefficient (Wildman–Crippen LogP) is -0.100. The molecule has 0 aromatic heterocycles. The van der Waals surface area contributed by atoms with Crippen molar-refractivity contribution in [3.63, 3.8) is 0 Å². The van der Waals surface area contributed by atoms with E-state index in [1.165, 1.54) is 0 Å². The van der Waals surface area contributed by atoms with Gasteiger partial charge in [0.15, 0.2) is 0 Å². The zero-order valence-electron chi connectivity index (χ0n) is 10.2. The molecular weight excluding hydrogens is 240 g/mol. The topological polar surface area (TPSA) is 92.8 Å². The Hall–Kier alpha value is -1.92. The van der Waals surface area contributed by atoms with Gasteiger partial charge in [0.25, 0.3) is 11.8 Å². The molecule has 1 saturated heterocycles. The third kappa shape index (κ3) is 4.15. The number of nitrogens with zero attached hydrogens (tertiary/aromatic N) is 1. The summed E-state index contributed by atoms with van der Waals surface area (Å²) in [7, 11) is 0. The van der Waals surface area contributed by atoms with E-state index in [9.17, 15) is 19.2 Å². The molecule has 0 saturated carbocycles. The van der Waals surface area contributed by atoms with Gasteiger partial charge < -0.3 is 10.2 Å². The molecule has 0 aliphatic carbocycles. The lowest BCUT2D eigenvalue weighted by Gasteiger charge is -2.12. The second kappa shape index (κ2) is 6.73. The van der Waals surface area contributed by atoms with Crippen LogP contribution >= 0.6 is 0 Å². The van der Waals surface area contributed by atoms with Crippen LogP contribution in [-0.4, -0.2) is 35.3 Å². The van der Waals surface area contributed by atoms with Crippen LogP contribution in [0.3, 0.4) is 0 Å². The Balaban J connectivity index is 2.23. The van der Waals surface area contributed by atoms with Gasteiger partial charge in [0.2, 0.25) is 5.91 Å². The minimum atomic E-state index is -0.713. The molecule has 100 valence electrons. The predicted molar refractivity (Wildman–Crippen MR) is 59.7 cm³/mol. The minimum absolute atomic E-state index is 0.0688. The van der Waals surface area contributed by atoms with E-state index in [1.807, 2.05) is 6.92 Å². The van der Waals surface area contributed by atoms with Gasteiger partial charge in [-0.2, -0.15) is 0 Å². The summed E-state index contributed by atoms with van der Waals surface area (Å²) in [6.45, 7) is 2.01. The van der Waals surface area contributed by atoms with E-state index >= 15 is 0 Å². The minimum Gasteiger partial charge on any atom is -0.356 e. The van der Waals surface area contributed by atoms with Crippen LogP contribution < -0.4 is 5.32 Å². The van der Waals surface area contributed by atoms with E-state index in [-0.39, 0.29) is 31.7 Å². The van der Waals surface area contributed by atoms with E-state index in [1.54, 1.807) is 0 Å². The summed E-state index contributed by atoms with van der Waals surface area (Å²) in [5.41, 5.74) is 0. The highest BCUT2D eigenvalue weighted by Crippen LogP contribution is 2.12. The van der Waals surface area contributed by atoms with Gasteiger partial charge in [-0.1, -0.05) is 6.92 Å². The molecule has 3 amide bonds. The van der Waals surface area contributed by atoms with Gasteiger partial charge in [0.1, 0.15) is 0 Å². The molecule has 0 unspecified atom stereocenters. The van der Waals surface area contributed by atoms with Crippen molar-refractivity contribution in [1.82, 2.24) is 10.4 Å². The van der Waals surface area contributed by atoms with Crippen molar-refractivity contribution in [2.24, 2.45) is 0 Å². The molecule has 1 aliphatic heterocycles. The van der Waals surface area contributed by atoms with Crippen molar-refractivity contribution in [3.05, 3.63) is 0 Å². The first-order valence-electron chi connectivity index (χ1n) is 5.88. The van der Waals surface area contributed by atoms with Crippen LogP contribution in [0.1, 0.15) is 39.0 Å². The lowest BCUT2D eigenvalue weighted by atomic mass is 10.3. The first-order valence-corrected chi connectivity index (χ1v) is 5.88. The van der Waals surface area contributed by atoms with Gasteiger partial charge in [0.05, 0.1) is 6.42 Å². The summed E-state index contributed by atoms with van der Waals surface area (Å²) < 4.78 is 0. The van der Waals surface area contributed by atoms with Gasteiger partial charge in [-0.25, -0.2) is 4.79 Å². The fourth-order valence-electron chi connectivity index (χ4n) is 1.42. The Morgan fingerprint density at radius 3 is 2.39 bits per heavy atom. The second-order valence-corrected chi connectivity index (χ2v) is 3.90. The highest BCUT2D eigenvalue weighted by atomic mass is 16.7. The summed E-state index contributed by atoms with van der Waals surface area (Å²) >= 11 is 0. The number of amides is 3. The van der Waals surface area contributed by atoms with Crippen LogP contribution in [-0.2, 0) is 24.0 Å². The Kier molecular flexibility index (Phi) is 5.29. The fraction of sp³-hybridized carbons (Fsp3) is 0.636. The van der Waals surface area contributed by atoms with E-state index in [2.05, 4.69) is 10.2 Å². The molecule has 7 heteroatoms. The molecule has 0 radical (unpaired) electrons. The average Bonchev–Trinajstić information content (AvgIpc) is 2.61. The largest absolute Gasteiger partial charge is 0.356 e. The lowest BCUT2D eigenvalue weighted by molar-refractivity contribution is -0.197. The van der Waals surface area contributed by atoms with Crippen molar-refractivity contribution < 1.29 is 24.0 Å². The highest BCUT2D eigenvalue weighted by Gasteiger charge is 2.32. The zero-order valence-corrected chi connectivity index (χ0v) is 10.2. The average molecular weight is 256 g/mol. The Morgan fingerprint density at radius 1 is 1.22 bits per heavy atom. The highest BCUT2D eigenvalue weighted by molar-refractivity contribution is 6.01. The number of imide groups is 1. The number of carbonyl (C=O) groups excluding carboxylic acids is 4. The van der Waals surface area contributed by atoms with Crippen LogP contribution in [0.25, 0.3) is 0 Å². The molecular formula is C11H16N2O5. The fourth-order valence-corrected chi connectivity index (χ4v) is 1.42. The van der Waals surface area contributed by atoms with Crippen molar-refractivity contribution >= 4 is 23.7 Å². The third-order valence-corrected chi connectivity index (χ3v) is 2.33. The van der Waals surface area contributed by atoms with Crippen LogP contribution in [0.4, 0.5) is 0 Å². The standard InChI is InChI=1S/C11H16N2O5/c1-2-3-8(14)12-7-6-11(17)18-13-9(15)4-5-10(13)16/h2-7H2,1H3,(H,12,14). The van der Waals surface area contributed by atoms with Crippen molar-refractivity contribution in [2.75, 3.05) is 6.54 Å². The van der Waals surface area contributed by atoms with Crippen molar-refractivity contribution in [1.29, 1.82) is 0 Å². The number of carbonyl (C=O) groups is 4. The van der Waals surface area contributed by atoms with Crippen LogP contribution in [0, 0.1) is 0 Å². The van der Waals surface area contributed by atoms with E-state index in [4.69, 9.17) is 0 Å². The second-order valence-electron chi connectivity index (χ2n) is 3.90. The number of hydroxylamine groups is 2. The summed E-state index contributed by atoms with van der Waals surface area (Å²) in [6, 6.07) is 0. The quantitative estimate of drug-likeness (QED) is 0.670. The maximum Gasteiger partial charge on any atom is 0.334 e. The molecule has 0 spiro atoms. The maximum atomic E-state index is 11.3.